The fraction of sp³-hybridized carbons (Fsp3) is 0.0667. The Morgan fingerprint density at radius 3 is 2.60 bits per heavy atom. The summed E-state index contributed by atoms with van der Waals surface area (Å²) in [6.07, 6.45) is 1.69. The molecule has 20 heavy (non-hydrogen) atoms. The monoisotopic (exact) mass is 345 g/mol. The van der Waals surface area contributed by atoms with Crippen molar-refractivity contribution < 1.29 is 0 Å². The second-order valence-electron chi connectivity index (χ2n) is 4.37. The summed E-state index contributed by atoms with van der Waals surface area (Å²) in [5.74, 6) is 0.517. The molecule has 1 aromatic carbocycles. The van der Waals surface area contributed by atoms with Gasteiger partial charge in [-0.2, -0.15) is 0 Å². The molecule has 0 aliphatic carbocycles. The molecule has 0 fully saturated rings. The van der Waals surface area contributed by atoms with Crippen LogP contribution in [0.4, 0.5) is 5.82 Å². The van der Waals surface area contributed by atoms with E-state index in [4.69, 9.17) is 10.7 Å². The first-order chi connectivity index (χ1) is 9.65. The summed E-state index contributed by atoms with van der Waals surface area (Å²) in [4.78, 5) is 10.0. The molecule has 0 unspecified atom stereocenters. The number of aromatic nitrogens is 2. The van der Waals surface area contributed by atoms with Crippen molar-refractivity contribution in [2.45, 2.75) is 6.92 Å². The van der Waals surface area contributed by atoms with E-state index in [0.717, 1.165) is 26.3 Å². The van der Waals surface area contributed by atoms with Crippen molar-refractivity contribution in [2.75, 3.05) is 5.73 Å². The van der Waals surface area contributed by atoms with Gasteiger partial charge in [-0.3, -0.25) is 0 Å². The van der Waals surface area contributed by atoms with E-state index in [1.807, 2.05) is 24.3 Å². The Labute approximate surface area is 129 Å². The lowest BCUT2D eigenvalue weighted by atomic mass is 10.1. The van der Waals surface area contributed by atoms with E-state index in [0.29, 0.717) is 5.82 Å². The number of hydrogen-bond acceptors (Lipinski definition) is 4. The number of nitrogen functional groups attached to an aromatic ring is 1. The minimum atomic E-state index is 0.517. The lowest BCUT2D eigenvalue weighted by molar-refractivity contribution is 1.31. The molecule has 0 aliphatic heterocycles. The number of nitrogens with zero attached hydrogens (tertiary/aromatic N) is 2. The highest BCUT2D eigenvalue weighted by Crippen LogP contribution is 2.35. The fourth-order valence-electron chi connectivity index (χ4n) is 1.99. The van der Waals surface area contributed by atoms with Crippen molar-refractivity contribution in [3.63, 3.8) is 0 Å². The molecule has 100 valence electrons. The van der Waals surface area contributed by atoms with Crippen LogP contribution in [0.1, 0.15) is 4.88 Å². The number of pyridine rings is 1. The molecule has 0 spiro atoms. The zero-order valence-corrected chi connectivity index (χ0v) is 13.2. The Kier molecular flexibility index (Phi) is 3.54. The summed E-state index contributed by atoms with van der Waals surface area (Å²) in [5.41, 5.74) is 8.92. The molecule has 0 bridgehead atoms. The molecule has 2 N–H and O–H groups in total. The molecule has 2 heterocycles. The van der Waals surface area contributed by atoms with Gasteiger partial charge in [0, 0.05) is 21.1 Å². The molecule has 0 aliphatic rings. The molecule has 2 aromatic heterocycles. The largest absolute Gasteiger partial charge is 0.383 e. The van der Waals surface area contributed by atoms with E-state index in [9.17, 15) is 0 Å². The molecule has 3 nitrogen and oxygen atoms in total. The van der Waals surface area contributed by atoms with Gasteiger partial charge in [-0.05, 0) is 31.2 Å². The molecule has 3 aromatic rings. The van der Waals surface area contributed by atoms with Crippen LogP contribution in [-0.2, 0) is 0 Å². The summed E-state index contributed by atoms with van der Waals surface area (Å²) in [6.45, 7) is 2.07. The number of thiazole rings is 1. The maximum Gasteiger partial charge on any atom is 0.133 e. The van der Waals surface area contributed by atoms with Crippen molar-refractivity contribution >= 4 is 33.1 Å². The van der Waals surface area contributed by atoms with E-state index in [2.05, 4.69) is 40.0 Å². The third kappa shape index (κ3) is 2.46. The first-order valence-electron chi connectivity index (χ1n) is 6.09. The number of hydrogen-bond donors (Lipinski definition) is 1. The first kappa shape index (κ1) is 13.3. The van der Waals surface area contributed by atoms with Gasteiger partial charge in [-0.1, -0.05) is 28.1 Å². The third-order valence-corrected chi connectivity index (χ3v) is 4.52. The number of halogens is 1. The van der Waals surface area contributed by atoms with Crippen LogP contribution in [-0.4, -0.2) is 9.97 Å². The quantitative estimate of drug-likeness (QED) is 0.742. The Morgan fingerprint density at radius 2 is 1.90 bits per heavy atom. The SMILES string of the molecule is Cc1sc(-c2cccnc2N)nc1-c1ccc(Br)cc1. The van der Waals surface area contributed by atoms with Gasteiger partial charge in [0.05, 0.1) is 11.3 Å². The van der Waals surface area contributed by atoms with Crippen LogP contribution in [0.3, 0.4) is 0 Å². The Bertz CT molecular complexity index is 750. The third-order valence-electron chi connectivity index (χ3n) is 2.98. The van der Waals surface area contributed by atoms with Crippen molar-refractivity contribution in [1.82, 2.24) is 9.97 Å². The number of nitrogens with two attached hydrogens (primary N) is 1. The highest BCUT2D eigenvalue weighted by Gasteiger charge is 2.13. The average Bonchev–Trinajstić information content (AvgIpc) is 2.82. The van der Waals surface area contributed by atoms with E-state index in [-0.39, 0.29) is 0 Å². The standard InChI is InChI=1S/C15H12BrN3S/c1-9-13(10-4-6-11(16)7-5-10)19-15(20-9)12-3-2-8-18-14(12)17/h2-8H,1H3,(H2,17,18). The summed E-state index contributed by atoms with van der Waals surface area (Å²) in [6, 6.07) is 12.0. The first-order valence-corrected chi connectivity index (χ1v) is 7.70. The molecular weight excluding hydrogens is 334 g/mol. The molecule has 0 saturated carbocycles. The maximum atomic E-state index is 5.92. The zero-order chi connectivity index (χ0) is 14.1. The fourth-order valence-corrected chi connectivity index (χ4v) is 3.22. The van der Waals surface area contributed by atoms with E-state index in [1.54, 1.807) is 17.5 Å². The number of anilines is 1. The summed E-state index contributed by atoms with van der Waals surface area (Å²) >= 11 is 5.08. The second kappa shape index (κ2) is 5.34. The van der Waals surface area contributed by atoms with Crippen LogP contribution >= 0.6 is 27.3 Å². The summed E-state index contributed by atoms with van der Waals surface area (Å²) in [7, 11) is 0. The minimum Gasteiger partial charge on any atom is -0.383 e. The number of aryl methyl sites for hydroxylation is 1. The Balaban J connectivity index is 2.08. The van der Waals surface area contributed by atoms with Crippen LogP contribution in [0.25, 0.3) is 21.8 Å². The van der Waals surface area contributed by atoms with Crippen molar-refractivity contribution in [3.05, 3.63) is 51.9 Å². The van der Waals surface area contributed by atoms with Gasteiger partial charge < -0.3 is 5.73 Å². The predicted molar refractivity (Wildman–Crippen MR) is 87.6 cm³/mol. The van der Waals surface area contributed by atoms with Gasteiger partial charge in [0.2, 0.25) is 0 Å². The molecule has 5 heteroatoms. The number of benzene rings is 1. The highest BCUT2D eigenvalue weighted by molar-refractivity contribution is 9.10. The van der Waals surface area contributed by atoms with Gasteiger partial charge in [-0.25, -0.2) is 9.97 Å². The maximum absolute atomic E-state index is 5.92. The second-order valence-corrected chi connectivity index (χ2v) is 6.49. The molecule has 0 saturated heterocycles. The molecule has 0 amide bonds. The van der Waals surface area contributed by atoms with Crippen LogP contribution in [0.15, 0.2) is 47.1 Å². The van der Waals surface area contributed by atoms with Gasteiger partial charge in [0.15, 0.2) is 0 Å². The molecule has 0 atom stereocenters. The van der Waals surface area contributed by atoms with Crippen LogP contribution in [0.5, 0.6) is 0 Å². The Hall–Kier alpha value is -1.72. The molecule has 0 radical (unpaired) electrons. The van der Waals surface area contributed by atoms with E-state index < -0.39 is 0 Å². The zero-order valence-electron chi connectivity index (χ0n) is 10.8. The van der Waals surface area contributed by atoms with Crippen molar-refractivity contribution in [3.8, 4) is 21.8 Å². The van der Waals surface area contributed by atoms with E-state index in [1.165, 1.54) is 4.88 Å². The molecular formula is C15H12BrN3S. The van der Waals surface area contributed by atoms with Crippen LogP contribution in [0, 0.1) is 6.92 Å². The minimum absolute atomic E-state index is 0.517. The van der Waals surface area contributed by atoms with Gasteiger partial charge in [0.25, 0.3) is 0 Å². The summed E-state index contributed by atoms with van der Waals surface area (Å²) in [5, 5.41) is 0.908. The van der Waals surface area contributed by atoms with Crippen LogP contribution in [0.2, 0.25) is 0 Å². The predicted octanol–water partition coefficient (Wildman–Crippen LogP) is 4.53. The average molecular weight is 346 g/mol. The topological polar surface area (TPSA) is 51.8 Å². The lowest BCUT2D eigenvalue weighted by Gasteiger charge is -2.00. The summed E-state index contributed by atoms with van der Waals surface area (Å²) < 4.78 is 1.06. The van der Waals surface area contributed by atoms with Crippen molar-refractivity contribution in [1.29, 1.82) is 0 Å². The number of rotatable bonds is 2. The lowest BCUT2D eigenvalue weighted by Crippen LogP contribution is -1.92. The van der Waals surface area contributed by atoms with Crippen molar-refractivity contribution in [2.24, 2.45) is 0 Å². The normalized spacial score (nSPS) is 10.7. The molecule has 3 rings (SSSR count). The Morgan fingerprint density at radius 1 is 1.15 bits per heavy atom. The van der Waals surface area contributed by atoms with Crippen LogP contribution < -0.4 is 5.73 Å². The van der Waals surface area contributed by atoms with Gasteiger partial charge >= 0.3 is 0 Å². The van der Waals surface area contributed by atoms with E-state index >= 15 is 0 Å². The highest BCUT2D eigenvalue weighted by atomic mass is 79.9. The van der Waals surface area contributed by atoms with Gasteiger partial charge in [-0.15, -0.1) is 11.3 Å². The smallest absolute Gasteiger partial charge is 0.133 e. The van der Waals surface area contributed by atoms with Gasteiger partial charge in [0.1, 0.15) is 10.8 Å².